The molecule has 2 amide bonds. The van der Waals surface area contributed by atoms with Crippen LogP contribution in [-0.4, -0.2) is 23.7 Å². The highest BCUT2D eigenvalue weighted by atomic mass is 35.5. The van der Waals surface area contributed by atoms with E-state index in [0.717, 1.165) is 36.2 Å². The molecule has 1 aromatic heterocycles. The number of carbonyl (C=O) groups is 2. The summed E-state index contributed by atoms with van der Waals surface area (Å²) in [5, 5.41) is 15.5. The highest BCUT2D eigenvalue weighted by Crippen LogP contribution is 2.37. The number of benzene rings is 1. The summed E-state index contributed by atoms with van der Waals surface area (Å²) in [7, 11) is 0. The van der Waals surface area contributed by atoms with Gasteiger partial charge in [0.1, 0.15) is 4.88 Å². The first-order valence-corrected chi connectivity index (χ1v) is 9.37. The minimum Gasteiger partial charge on any atom is -0.477 e. The van der Waals surface area contributed by atoms with Crippen LogP contribution in [-0.2, 0) is 0 Å². The maximum absolute atomic E-state index is 11.9. The van der Waals surface area contributed by atoms with Crippen molar-refractivity contribution in [2.75, 3.05) is 11.9 Å². The van der Waals surface area contributed by atoms with Crippen molar-refractivity contribution in [3.05, 3.63) is 39.2 Å². The lowest BCUT2D eigenvalue weighted by Crippen LogP contribution is -2.29. The Hall–Kier alpha value is -1.76. The number of anilines is 1. The molecule has 5 nitrogen and oxygen atoms in total. The van der Waals surface area contributed by atoms with Crippen LogP contribution in [0.4, 0.5) is 10.5 Å². The average Bonchev–Trinajstić information content (AvgIpc) is 2.98. The first kappa shape index (κ1) is 19.6. The van der Waals surface area contributed by atoms with E-state index in [1.54, 1.807) is 24.3 Å². The molecule has 0 aliphatic carbocycles. The molecular formula is C17H18Cl2N2O3S. The molecule has 0 saturated heterocycles. The van der Waals surface area contributed by atoms with Crippen LogP contribution in [0, 0.1) is 0 Å². The van der Waals surface area contributed by atoms with Gasteiger partial charge in [-0.25, -0.2) is 9.59 Å². The van der Waals surface area contributed by atoms with Crippen molar-refractivity contribution in [1.29, 1.82) is 0 Å². The lowest BCUT2D eigenvalue weighted by molar-refractivity contribution is 0.0703. The largest absolute Gasteiger partial charge is 0.477 e. The van der Waals surface area contributed by atoms with Gasteiger partial charge in [-0.1, -0.05) is 49.0 Å². The second kappa shape index (κ2) is 9.08. The van der Waals surface area contributed by atoms with Crippen LogP contribution in [0.2, 0.25) is 10.0 Å². The third-order valence-corrected chi connectivity index (χ3v) is 5.36. The van der Waals surface area contributed by atoms with Crippen LogP contribution in [0.25, 0.3) is 10.4 Å². The zero-order chi connectivity index (χ0) is 18.4. The molecule has 8 heteroatoms. The predicted octanol–water partition coefficient (Wildman–Crippen LogP) is 5.73. The third kappa shape index (κ3) is 5.36. The van der Waals surface area contributed by atoms with Crippen LogP contribution in [0.5, 0.6) is 0 Å². The third-order valence-electron chi connectivity index (χ3n) is 3.44. The van der Waals surface area contributed by atoms with Crippen LogP contribution in [0.3, 0.4) is 0 Å². The van der Waals surface area contributed by atoms with Gasteiger partial charge >= 0.3 is 12.0 Å². The number of carboxylic acids is 1. The molecule has 0 bridgehead atoms. The Morgan fingerprint density at radius 2 is 1.92 bits per heavy atom. The second-order valence-corrected chi connectivity index (χ2v) is 7.24. The molecule has 134 valence electrons. The van der Waals surface area contributed by atoms with Crippen LogP contribution in [0.15, 0.2) is 24.3 Å². The van der Waals surface area contributed by atoms with Crippen LogP contribution in [0.1, 0.15) is 35.9 Å². The number of hydrogen-bond acceptors (Lipinski definition) is 3. The summed E-state index contributed by atoms with van der Waals surface area (Å²) in [6, 6.07) is 6.26. The van der Waals surface area contributed by atoms with Gasteiger partial charge in [-0.3, -0.25) is 0 Å². The summed E-state index contributed by atoms with van der Waals surface area (Å²) >= 11 is 13.0. The smallest absolute Gasteiger partial charge is 0.348 e. The number of aromatic carboxylic acids is 1. The first-order valence-electron chi connectivity index (χ1n) is 7.79. The van der Waals surface area contributed by atoms with Crippen molar-refractivity contribution in [1.82, 2.24) is 5.32 Å². The number of amides is 2. The normalized spacial score (nSPS) is 10.5. The van der Waals surface area contributed by atoms with Gasteiger partial charge in [0.05, 0.1) is 15.7 Å². The Bertz CT molecular complexity index is 777. The van der Waals surface area contributed by atoms with Crippen molar-refractivity contribution in [2.24, 2.45) is 0 Å². The molecule has 0 fully saturated rings. The molecule has 0 unspecified atom stereocenters. The lowest BCUT2D eigenvalue weighted by atomic mass is 10.2. The lowest BCUT2D eigenvalue weighted by Gasteiger charge is -2.06. The van der Waals surface area contributed by atoms with Gasteiger partial charge in [0, 0.05) is 11.4 Å². The molecule has 1 heterocycles. The number of thiophene rings is 1. The summed E-state index contributed by atoms with van der Waals surface area (Å²) in [4.78, 5) is 24.1. The Labute approximate surface area is 160 Å². The molecule has 0 aliphatic rings. The SMILES string of the molecule is CCCCCNC(=O)Nc1cc(-c2ccc(Cl)c(Cl)c2)sc1C(=O)O. The standard InChI is InChI=1S/C17H18Cl2N2O3S/c1-2-3-4-7-20-17(24)21-13-9-14(25-15(13)16(22)23)10-5-6-11(18)12(19)8-10/h5-6,8-9H,2-4,7H2,1H3,(H,22,23)(H2,20,21,24). The van der Waals surface area contributed by atoms with Gasteiger partial charge in [0.25, 0.3) is 0 Å². The van der Waals surface area contributed by atoms with Crippen LogP contribution < -0.4 is 10.6 Å². The number of urea groups is 1. The molecule has 3 N–H and O–H groups in total. The van der Waals surface area contributed by atoms with E-state index in [1.165, 1.54) is 0 Å². The van der Waals surface area contributed by atoms with E-state index < -0.39 is 12.0 Å². The zero-order valence-corrected chi connectivity index (χ0v) is 15.9. The van der Waals surface area contributed by atoms with E-state index in [9.17, 15) is 14.7 Å². The van der Waals surface area contributed by atoms with Gasteiger partial charge in [-0.15, -0.1) is 11.3 Å². The molecule has 0 aliphatic heterocycles. The van der Waals surface area contributed by atoms with E-state index in [1.807, 2.05) is 0 Å². The minimum atomic E-state index is -1.10. The maximum atomic E-state index is 11.9. The van der Waals surface area contributed by atoms with Gasteiger partial charge in [-0.05, 0) is 30.2 Å². The molecule has 0 atom stereocenters. The van der Waals surface area contributed by atoms with E-state index >= 15 is 0 Å². The second-order valence-electron chi connectivity index (χ2n) is 5.38. The molecule has 1 aromatic carbocycles. The van der Waals surface area contributed by atoms with Gasteiger partial charge in [0.15, 0.2) is 0 Å². The maximum Gasteiger partial charge on any atom is 0.348 e. The summed E-state index contributed by atoms with van der Waals surface area (Å²) in [5.74, 6) is -1.10. The summed E-state index contributed by atoms with van der Waals surface area (Å²) < 4.78 is 0. The Morgan fingerprint density at radius 1 is 1.16 bits per heavy atom. The minimum absolute atomic E-state index is 0.0600. The van der Waals surface area contributed by atoms with Crippen LogP contribution >= 0.6 is 34.5 Å². The molecule has 25 heavy (non-hydrogen) atoms. The monoisotopic (exact) mass is 400 g/mol. The van der Waals surface area contributed by atoms with Gasteiger partial charge < -0.3 is 15.7 Å². The Balaban J connectivity index is 2.17. The molecule has 2 rings (SSSR count). The number of rotatable bonds is 7. The number of carboxylic acid groups (broad SMARTS) is 1. The van der Waals surface area contributed by atoms with Crippen molar-refractivity contribution < 1.29 is 14.7 Å². The summed E-state index contributed by atoms with van der Waals surface area (Å²) in [6.07, 6.45) is 2.97. The number of nitrogens with one attached hydrogen (secondary N) is 2. The van der Waals surface area contributed by atoms with Crippen molar-refractivity contribution in [3.8, 4) is 10.4 Å². The van der Waals surface area contributed by atoms with E-state index in [-0.39, 0.29) is 10.6 Å². The van der Waals surface area contributed by atoms with E-state index in [4.69, 9.17) is 23.2 Å². The molecule has 2 aromatic rings. The molecular weight excluding hydrogens is 383 g/mol. The topological polar surface area (TPSA) is 78.4 Å². The van der Waals surface area contributed by atoms with E-state index in [0.29, 0.717) is 21.5 Å². The average molecular weight is 401 g/mol. The Morgan fingerprint density at radius 3 is 2.56 bits per heavy atom. The fourth-order valence-electron chi connectivity index (χ4n) is 2.18. The number of hydrogen-bond donors (Lipinski definition) is 3. The fourth-order valence-corrected chi connectivity index (χ4v) is 3.42. The number of halogens is 2. The molecule has 0 radical (unpaired) electrons. The Kier molecular flexibility index (Phi) is 7.11. The molecule has 0 saturated carbocycles. The van der Waals surface area contributed by atoms with E-state index in [2.05, 4.69) is 17.6 Å². The van der Waals surface area contributed by atoms with Crippen molar-refractivity contribution in [3.63, 3.8) is 0 Å². The van der Waals surface area contributed by atoms with Crippen molar-refractivity contribution in [2.45, 2.75) is 26.2 Å². The van der Waals surface area contributed by atoms with Gasteiger partial charge in [-0.2, -0.15) is 0 Å². The van der Waals surface area contributed by atoms with Crippen molar-refractivity contribution >= 4 is 52.2 Å². The number of carbonyl (C=O) groups excluding carboxylic acids is 1. The zero-order valence-electron chi connectivity index (χ0n) is 13.6. The summed E-state index contributed by atoms with van der Waals surface area (Å²) in [5.41, 5.74) is 0.991. The quantitative estimate of drug-likeness (QED) is 0.519. The first-order chi connectivity index (χ1) is 11.9. The molecule has 0 spiro atoms. The highest BCUT2D eigenvalue weighted by Gasteiger charge is 2.18. The summed E-state index contributed by atoms with van der Waals surface area (Å²) in [6.45, 7) is 2.63. The highest BCUT2D eigenvalue weighted by molar-refractivity contribution is 7.18. The van der Waals surface area contributed by atoms with Gasteiger partial charge in [0.2, 0.25) is 0 Å². The number of unbranched alkanes of at least 4 members (excludes halogenated alkanes) is 2. The predicted molar refractivity (Wildman–Crippen MR) is 103 cm³/mol. The fraction of sp³-hybridized carbons (Fsp3) is 0.294.